The van der Waals surface area contributed by atoms with Crippen LogP contribution in [-0.4, -0.2) is 24.8 Å². The number of fused-ring (bicyclic) bond motifs is 1. The minimum atomic E-state index is -0.204. The van der Waals surface area contributed by atoms with Crippen LogP contribution in [0.3, 0.4) is 0 Å². The van der Waals surface area contributed by atoms with Crippen LogP contribution in [0.4, 0.5) is 0 Å². The summed E-state index contributed by atoms with van der Waals surface area (Å²) in [7, 11) is 0. The maximum atomic E-state index is 12.8. The summed E-state index contributed by atoms with van der Waals surface area (Å²) in [6, 6.07) is 17.6. The van der Waals surface area contributed by atoms with E-state index in [4.69, 9.17) is 4.74 Å². The molecule has 0 atom stereocenters. The molecule has 0 fully saturated rings. The van der Waals surface area contributed by atoms with E-state index in [-0.39, 0.29) is 12.2 Å². The van der Waals surface area contributed by atoms with Gasteiger partial charge < -0.3 is 4.74 Å². The van der Waals surface area contributed by atoms with Crippen molar-refractivity contribution >= 4 is 22.4 Å². The summed E-state index contributed by atoms with van der Waals surface area (Å²) in [5.74, 6) is 1.21. The Morgan fingerprint density at radius 3 is 2.70 bits per heavy atom. The van der Waals surface area contributed by atoms with Crippen LogP contribution in [0.25, 0.3) is 22.3 Å². The van der Waals surface area contributed by atoms with Crippen LogP contribution >= 0.6 is 11.3 Å². The van der Waals surface area contributed by atoms with Gasteiger partial charge >= 0.3 is 0 Å². The summed E-state index contributed by atoms with van der Waals surface area (Å²) in [6.07, 6.45) is 3.52. The number of hydrogen-bond acceptors (Lipinski definition) is 6. The van der Waals surface area contributed by atoms with E-state index in [1.54, 1.807) is 6.20 Å². The zero-order valence-corrected chi connectivity index (χ0v) is 16.9. The fraction of sp³-hybridized carbons (Fsp3) is 0.0909. The highest BCUT2D eigenvalue weighted by Crippen LogP contribution is 2.21. The Kier molecular flexibility index (Phi) is 4.61. The van der Waals surface area contributed by atoms with Gasteiger partial charge in [0.25, 0.3) is 5.56 Å². The first-order valence-electron chi connectivity index (χ1n) is 9.36. The van der Waals surface area contributed by atoms with E-state index in [1.807, 2.05) is 67.6 Å². The molecule has 0 bridgehead atoms. The molecule has 3 aromatic heterocycles. The number of aromatic nitrogens is 5. The van der Waals surface area contributed by atoms with Crippen molar-refractivity contribution in [2.24, 2.45) is 0 Å². The van der Waals surface area contributed by atoms with E-state index in [1.165, 1.54) is 15.9 Å². The Bertz CT molecular complexity index is 1420. The molecule has 2 aromatic carbocycles. The number of aromatic amines is 1. The average molecular weight is 415 g/mol. The molecular formula is C22H17N5O2S. The van der Waals surface area contributed by atoms with Crippen molar-refractivity contribution in [2.45, 2.75) is 13.5 Å². The lowest BCUT2D eigenvalue weighted by molar-refractivity contribution is 0.296. The fourth-order valence-electron chi connectivity index (χ4n) is 3.10. The Morgan fingerprint density at radius 2 is 1.93 bits per heavy atom. The van der Waals surface area contributed by atoms with Gasteiger partial charge in [0.05, 0.1) is 16.4 Å². The quantitative estimate of drug-likeness (QED) is 0.477. The molecule has 148 valence electrons. The van der Waals surface area contributed by atoms with Crippen LogP contribution in [0, 0.1) is 6.92 Å². The van der Waals surface area contributed by atoms with Crippen molar-refractivity contribution in [3.63, 3.8) is 0 Å². The third kappa shape index (κ3) is 3.48. The predicted octanol–water partition coefficient (Wildman–Crippen LogP) is 2.98. The molecule has 0 aliphatic rings. The maximum absolute atomic E-state index is 12.8. The van der Waals surface area contributed by atoms with E-state index in [2.05, 4.69) is 20.3 Å². The monoisotopic (exact) mass is 415 g/mol. The van der Waals surface area contributed by atoms with E-state index in [0.717, 1.165) is 28.1 Å². The van der Waals surface area contributed by atoms with Gasteiger partial charge in [-0.05, 0) is 25.1 Å². The van der Waals surface area contributed by atoms with E-state index < -0.39 is 0 Å². The van der Waals surface area contributed by atoms with Crippen molar-refractivity contribution in [3.05, 3.63) is 92.6 Å². The Balaban J connectivity index is 1.43. The first-order valence-corrected chi connectivity index (χ1v) is 10.2. The molecule has 1 N–H and O–H groups in total. The van der Waals surface area contributed by atoms with Gasteiger partial charge in [0.2, 0.25) is 4.96 Å². The molecule has 0 unspecified atom stereocenters. The molecule has 0 saturated carbocycles. The van der Waals surface area contributed by atoms with Gasteiger partial charge in [0.15, 0.2) is 5.82 Å². The lowest BCUT2D eigenvalue weighted by Gasteiger charge is -2.03. The van der Waals surface area contributed by atoms with Gasteiger partial charge in [-0.25, -0.2) is 0 Å². The lowest BCUT2D eigenvalue weighted by Crippen LogP contribution is -2.24. The number of benzene rings is 2. The van der Waals surface area contributed by atoms with Crippen LogP contribution in [0.2, 0.25) is 0 Å². The van der Waals surface area contributed by atoms with Crippen molar-refractivity contribution in [1.29, 1.82) is 0 Å². The van der Waals surface area contributed by atoms with Gasteiger partial charge in [-0.1, -0.05) is 59.4 Å². The summed E-state index contributed by atoms with van der Waals surface area (Å²) >= 11 is 1.29. The van der Waals surface area contributed by atoms with Gasteiger partial charge in [0, 0.05) is 11.1 Å². The number of aryl methyl sites for hydroxylation is 1. The second-order valence-corrected chi connectivity index (χ2v) is 7.82. The largest absolute Gasteiger partial charge is 0.486 e. The predicted molar refractivity (Wildman–Crippen MR) is 115 cm³/mol. The number of rotatable bonds is 5. The summed E-state index contributed by atoms with van der Waals surface area (Å²) in [4.78, 5) is 17.8. The Hall–Kier alpha value is -3.78. The molecule has 5 aromatic rings. The zero-order chi connectivity index (χ0) is 20.5. The van der Waals surface area contributed by atoms with Gasteiger partial charge in [0.1, 0.15) is 12.4 Å². The standard InChI is InChI=1S/C22H17N5O2S/c1-14-7-9-17(10-8-14)29-13-19-24-22-27(26-19)21(28)18(30-22)11-16-12-23-25-20(16)15-5-3-2-4-6-15/h2-12H,13H2,1H3,(H,23,25)/b18-11-. The number of hydrogen-bond donors (Lipinski definition) is 1. The van der Waals surface area contributed by atoms with Crippen LogP contribution in [-0.2, 0) is 6.61 Å². The highest BCUT2D eigenvalue weighted by molar-refractivity contribution is 7.15. The smallest absolute Gasteiger partial charge is 0.291 e. The SMILES string of the molecule is Cc1ccc(OCc2nc3s/c(=C\c4cn[nH]c4-c4ccccc4)c(=O)n3n2)cc1. The highest BCUT2D eigenvalue weighted by Gasteiger charge is 2.12. The molecule has 0 spiro atoms. The zero-order valence-electron chi connectivity index (χ0n) is 16.1. The molecule has 0 saturated heterocycles. The number of nitrogens with one attached hydrogen (secondary N) is 1. The molecule has 0 aliphatic heterocycles. The van der Waals surface area contributed by atoms with E-state index >= 15 is 0 Å². The molecule has 3 heterocycles. The third-order valence-corrected chi connectivity index (χ3v) is 5.59. The fourth-order valence-corrected chi connectivity index (χ4v) is 4.02. The van der Waals surface area contributed by atoms with E-state index in [9.17, 15) is 4.79 Å². The molecule has 0 aliphatic carbocycles. The van der Waals surface area contributed by atoms with Crippen LogP contribution in [0.5, 0.6) is 5.75 Å². The van der Waals surface area contributed by atoms with Crippen molar-refractivity contribution in [3.8, 4) is 17.0 Å². The lowest BCUT2D eigenvalue weighted by atomic mass is 10.1. The van der Waals surface area contributed by atoms with Crippen LogP contribution in [0.15, 0.2) is 65.6 Å². The second-order valence-electron chi connectivity index (χ2n) is 6.81. The molecule has 0 amide bonds. The van der Waals surface area contributed by atoms with Crippen molar-refractivity contribution in [2.75, 3.05) is 0 Å². The maximum Gasteiger partial charge on any atom is 0.291 e. The summed E-state index contributed by atoms with van der Waals surface area (Å²) in [5, 5.41) is 11.4. The van der Waals surface area contributed by atoms with Crippen LogP contribution < -0.4 is 14.8 Å². The molecule has 0 radical (unpaired) electrons. The van der Waals surface area contributed by atoms with Gasteiger partial charge in [-0.15, -0.1) is 5.10 Å². The van der Waals surface area contributed by atoms with Crippen LogP contribution in [0.1, 0.15) is 17.0 Å². The Labute approximate surface area is 175 Å². The highest BCUT2D eigenvalue weighted by atomic mass is 32.1. The summed E-state index contributed by atoms with van der Waals surface area (Å²) < 4.78 is 7.59. The first kappa shape index (κ1) is 18.3. The van der Waals surface area contributed by atoms with Gasteiger partial charge in [-0.2, -0.15) is 14.6 Å². The minimum Gasteiger partial charge on any atom is -0.486 e. The van der Waals surface area contributed by atoms with Crippen molar-refractivity contribution < 1.29 is 4.74 Å². The second kappa shape index (κ2) is 7.57. The minimum absolute atomic E-state index is 0.204. The number of nitrogens with zero attached hydrogens (tertiary/aromatic N) is 4. The number of ether oxygens (including phenoxy) is 1. The molecule has 8 heteroatoms. The topological polar surface area (TPSA) is 85.2 Å². The molecule has 5 rings (SSSR count). The number of H-pyrrole nitrogens is 1. The van der Waals surface area contributed by atoms with Gasteiger partial charge in [-0.3, -0.25) is 9.89 Å². The normalized spacial score (nSPS) is 12.0. The average Bonchev–Trinajstić information content (AvgIpc) is 3.46. The molecule has 30 heavy (non-hydrogen) atoms. The van der Waals surface area contributed by atoms with Crippen molar-refractivity contribution in [1.82, 2.24) is 24.8 Å². The number of thiazole rings is 1. The summed E-state index contributed by atoms with van der Waals surface area (Å²) in [6.45, 7) is 2.22. The summed E-state index contributed by atoms with van der Waals surface area (Å²) in [5.41, 5.74) is 3.66. The molecular weight excluding hydrogens is 398 g/mol. The molecule has 7 nitrogen and oxygen atoms in total. The first-order chi connectivity index (χ1) is 14.7. The third-order valence-electron chi connectivity index (χ3n) is 4.63. The van der Waals surface area contributed by atoms with E-state index in [0.29, 0.717) is 15.3 Å². The Morgan fingerprint density at radius 1 is 1.13 bits per heavy atom.